The second-order valence-corrected chi connectivity index (χ2v) is 8.81. The van der Waals surface area contributed by atoms with Crippen molar-refractivity contribution < 1.29 is 19.1 Å². The smallest absolute Gasteiger partial charge is 0.335 e. The van der Waals surface area contributed by atoms with Gasteiger partial charge in [0, 0.05) is 22.8 Å². The summed E-state index contributed by atoms with van der Waals surface area (Å²) in [7, 11) is 0. The highest BCUT2D eigenvalue weighted by Crippen LogP contribution is 2.35. The predicted octanol–water partition coefficient (Wildman–Crippen LogP) is 5.02. The van der Waals surface area contributed by atoms with E-state index in [1.165, 1.54) is 0 Å². The lowest BCUT2D eigenvalue weighted by atomic mass is 9.90. The number of aromatic carboxylic acids is 1. The molecule has 3 N–H and O–H groups in total. The first-order valence-electron chi connectivity index (χ1n) is 11.9. The summed E-state index contributed by atoms with van der Waals surface area (Å²) in [4.78, 5) is 24.2. The Kier molecular flexibility index (Phi) is 5.85. The summed E-state index contributed by atoms with van der Waals surface area (Å²) < 4.78 is 5.79. The van der Waals surface area contributed by atoms with Crippen molar-refractivity contribution in [1.82, 2.24) is 25.7 Å². The highest BCUT2D eigenvalue weighted by molar-refractivity contribution is 5.97. The number of nitrogens with zero attached hydrogens (tertiary/aromatic N) is 3. The fourth-order valence-electron chi connectivity index (χ4n) is 4.58. The van der Waals surface area contributed by atoms with Crippen molar-refractivity contribution in [1.29, 1.82) is 0 Å². The summed E-state index contributed by atoms with van der Waals surface area (Å²) in [6, 6.07) is 23.2. The van der Waals surface area contributed by atoms with Crippen molar-refractivity contribution in [2.45, 2.75) is 12.5 Å². The highest BCUT2D eigenvalue weighted by atomic mass is 16.4. The Morgan fingerprint density at radius 1 is 0.921 bits per heavy atom. The van der Waals surface area contributed by atoms with Gasteiger partial charge in [-0.05, 0) is 54.0 Å². The molecule has 0 radical (unpaired) electrons. The van der Waals surface area contributed by atoms with E-state index in [2.05, 4.69) is 25.7 Å². The number of aromatic nitrogens is 4. The molecule has 1 aliphatic rings. The van der Waals surface area contributed by atoms with Gasteiger partial charge in [0.25, 0.3) is 5.91 Å². The molecule has 2 aromatic heterocycles. The summed E-state index contributed by atoms with van der Waals surface area (Å²) in [5.74, 6) is -0.456. The molecule has 1 aliphatic heterocycles. The molecule has 0 aliphatic carbocycles. The van der Waals surface area contributed by atoms with Crippen LogP contribution >= 0.6 is 0 Å². The molecule has 3 heterocycles. The Morgan fingerprint density at radius 3 is 2.47 bits per heavy atom. The van der Waals surface area contributed by atoms with Gasteiger partial charge >= 0.3 is 5.97 Å². The maximum atomic E-state index is 12.8. The minimum absolute atomic E-state index is 0.157. The Balaban J connectivity index is 1.38. The standard InChI is InChI=1S/C29H21N5O4/c35-27-21-9-5-4-8-20(21)16-23(30-27)26-25(17-10-12-19(13-11-17)29(36)37)22(31-33-26)14-15-24-32-34-28(38-24)18-6-2-1-3-7-18/h1-15,23H,16H2,(H,30,35)(H,31,33)(H,36,37)/b15-14+. The SMILES string of the molecule is O=C(O)c1ccc(-c2c(/C=C/c3nnc(-c4ccccc4)o3)n[nH]c2C2Cc3ccccc3C(=O)N2)cc1. The number of H-pyrrole nitrogens is 1. The zero-order valence-electron chi connectivity index (χ0n) is 20.0. The number of carbonyl (C=O) groups excluding carboxylic acids is 1. The molecule has 9 nitrogen and oxygen atoms in total. The summed E-state index contributed by atoms with van der Waals surface area (Å²) in [5.41, 5.74) is 5.37. The van der Waals surface area contributed by atoms with Gasteiger partial charge in [-0.25, -0.2) is 4.79 Å². The Morgan fingerprint density at radius 2 is 1.68 bits per heavy atom. The molecule has 1 unspecified atom stereocenters. The number of benzene rings is 3. The van der Waals surface area contributed by atoms with E-state index in [1.807, 2.05) is 54.6 Å². The average molecular weight is 504 g/mol. The third kappa shape index (κ3) is 4.37. The van der Waals surface area contributed by atoms with Gasteiger partial charge in [0.15, 0.2) is 0 Å². The van der Waals surface area contributed by atoms with E-state index in [0.29, 0.717) is 35.2 Å². The molecular weight excluding hydrogens is 482 g/mol. The lowest BCUT2D eigenvalue weighted by Crippen LogP contribution is -2.35. The molecule has 0 bridgehead atoms. The first-order valence-corrected chi connectivity index (χ1v) is 11.9. The average Bonchev–Trinajstić information content (AvgIpc) is 3.60. The minimum Gasteiger partial charge on any atom is -0.478 e. The number of carbonyl (C=O) groups is 2. The number of carboxylic acid groups (broad SMARTS) is 1. The van der Waals surface area contributed by atoms with Gasteiger partial charge in [-0.1, -0.05) is 48.5 Å². The Bertz CT molecular complexity index is 1670. The van der Waals surface area contributed by atoms with Gasteiger partial charge in [-0.15, -0.1) is 10.2 Å². The van der Waals surface area contributed by atoms with Crippen LogP contribution in [0.3, 0.4) is 0 Å². The van der Waals surface area contributed by atoms with E-state index < -0.39 is 5.97 Å². The summed E-state index contributed by atoms with van der Waals surface area (Å²) in [6.07, 6.45) is 4.00. The number of carboxylic acids is 1. The van der Waals surface area contributed by atoms with Gasteiger partial charge < -0.3 is 14.8 Å². The van der Waals surface area contributed by atoms with Crippen LogP contribution in [0.25, 0.3) is 34.7 Å². The van der Waals surface area contributed by atoms with E-state index in [9.17, 15) is 14.7 Å². The van der Waals surface area contributed by atoms with Crippen LogP contribution in [0.2, 0.25) is 0 Å². The molecule has 0 spiro atoms. The van der Waals surface area contributed by atoms with Crippen molar-refractivity contribution >= 4 is 24.0 Å². The fraction of sp³-hybridized carbons (Fsp3) is 0.0690. The lowest BCUT2D eigenvalue weighted by molar-refractivity contribution is 0.0696. The van der Waals surface area contributed by atoms with Gasteiger partial charge in [0.05, 0.1) is 23.0 Å². The summed E-state index contributed by atoms with van der Waals surface area (Å²) in [6.45, 7) is 0. The number of aromatic amines is 1. The number of fused-ring (bicyclic) bond motifs is 1. The van der Waals surface area contributed by atoms with E-state index in [4.69, 9.17) is 4.42 Å². The van der Waals surface area contributed by atoms with Crippen molar-refractivity contribution in [3.05, 3.63) is 113 Å². The van der Waals surface area contributed by atoms with Gasteiger partial charge in [0.2, 0.25) is 11.8 Å². The highest BCUT2D eigenvalue weighted by Gasteiger charge is 2.29. The topological polar surface area (TPSA) is 134 Å². The quantitative estimate of drug-likeness (QED) is 0.296. The number of hydrogen-bond donors (Lipinski definition) is 3. The van der Waals surface area contributed by atoms with Crippen molar-refractivity contribution in [3.63, 3.8) is 0 Å². The van der Waals surface area contributed by atoms with Crippen LogP contribution < -0.4 is 5.32 Å². The van der Waals surface area contributed by atoms with Crippen LogP contribution in [0.15, 0.2) is 83.3 Å². The van der Waals surface area contributed by atoms with E-state index in [1.54, 1.807) is 36.4 Å². The molecule has 186 valence electrons. The minimum atomic E-state index is -1.01. The van der Waals surface area contributed by atoms with E-state index in [-0.39, 0.29) is 17.5 Å². The number of rotatable bonds is 6. The molecule has 1 atom stereocenters. The predicted molar refractivity (Wildman–Crippen MR) is 140 cm³/mol. The maximum Gasteiger partial charge on any atom is 0.335 e. The van der Waals surface area contributed by atoms with Crippen molar-refractivity contribution in [3.8, 4) is 22.6 Å². The first kappa shape index (κ1) is 23.1. The Hall–Kier alpha value is -5.31. The molecule has 0 saturated heterocycles. The molecule has 38 heavy (non-hydrogen) atoms. The van der Waals surface area contributed by atoms with E-state index >= 15 is 0 Å². The largest absolute Gasteiger partial charge is 0.478 e. The van der Waals surface area contributed by atoms with Crippen LogP contribution in [0.4, 0.5) is 0 Å². The van der Waals surface area contributed by atoms with Crippen LogP contribution in [-0.4, -0.2) is 37.4 Å². The monoisotopic (exact) mass is 503 g/mol. The molecule has 0 fully saturated rings. The third-order valence-corrected chi connectivity index (χ3v) is 6.43. The Labute approximate surface area is 216 Å². The van der Waals surface area contributed by atoms with Crippen LogP contribution in [0.1, 0.15) is 49.6 Å². The molecular formula is C29H21N5O4. The lowest BCUT2D eigenvalue weighted by Gasteiger charge is -2.25. The maximum absolute atomic E-state index is 12.8. The summed E-state index contributed by atoms with van der Waals surface area (Å²) >= 11 is 0. The fourth-order valence-corrected chi connectivity index (χ4v) is 4.58. The number of amides is 1. The number of nitrogens with one attached hydrogen (secondary N) is 2. The third-order valence-electron chi connectivity index (χ3n) is 6.43. The second kappa shape index (κ2) is 9.62. The van der Waals surface area contributed by atoms with Crippen LogP contribution in [0.5, 0.6) is 0 Å². The second-order valence-electron chi connectivity index (χ2n) is 8.81. The zero-order valence-corrected chi connectivity index (χ0v) is 20.0. The first-order chi connectivity index (χ1) is 18.6. The van der Waals surface area contributed by atoms with Gasteiger partial charge in [0.1, 0.15) is 0 Å². The molecule has 9 heteroatoms. The number of hydrogen-bond acceptors (Lipinski definition) is 6. The van der Waals surface area contributed by atoms with Gasteiger partial charge in [-0.3, -0.25) is 9.89 Å². The molecule has 3 aromatic carbocycles. The normalized spacial score (nSPS) is 14.8. The zero-order chi connectivity index (χ0) is 26.1. The molecule has 0 saturated carbocycles. The molecule has 1 amide bonds. The van der Waals surface area contributed by atoms with E-state index in [0.717, 1.165) is 22.3 Å². The van der Waals surface area contributed by atoms with Crippen LogP contribution in [-0.2, 0) is 6.42 Å². The summed E-state index contributed by atoms with van der Waals surface area (Å²) in [5, 5.41) is 28.2. The molecule has 6 rings (SSSR count). The molecule has 5 aromatic rings. The van der Waals surface area contributed by atoms with Crippen molar-refractivity contribution in [2.24, 2.45) is 0 Å². The van der Waals surface area contributed by atoms with Crippen molar-refractivity contribution in [2.75, 3.05) is 0 Å². The van der Waals surface area contributed by atoms with Crippen LogP contribution in [0, 0.1) is 0 Å². The van der Waals surface area contributed by atoms with Gasteiger partial charge in [-0.2, -0.15) is 5.10 Å².